The molecule has 0 unspecified atom stereocenters. The maximum atomic E-state index is 13.8. The van der Waals surface area contributed by atoms with Gasteiger partial charge in [0.05, 0.1) is 5.56 Å². The molecule has 0 aliphatic carbocycles. The van der Waals surface area contributed by atoms with Crippen LogP contribution >= 0.6 is 0 Å². The van der Waals surface area contributed by atoms with Gasteiger partial charge in [-0.3, -0.25) is 4.79 Å². The lowest BCUT2D eigenvalue weighted by Crippen LogP contribution is -2.15. The van der Waals surface area contributed by atoms with Crippen LogP contribution in [0, 0.1) is 18.6 Å². The van der Waals surface area contributed by atoms with Gasteiger partial charge in [0, 0.05) is 5.56 Å². The minimum absolute atomic E-state index is 0.00444. The van der Waals surface area contributed by atoms with Crippen molar-refractivity contribution in [1.82, 2.24) is 0 Å². The number of carboxylic acid groups (broad SMARTS) is 1. The van der Waals surface area contributed by atoms with Gasteiger partial charge in [-0.25, -0.2) is 13.6 Å². The molecule has 21 heavy (non-hydrogen) atoms. The van der Waals surface area contributed by atoms with Crippen LogP contribution in [0.2, 0.25) is 0 Å². The van der Waals surface area contributed by atoms with Gasteiger partial charge < -0.3 is 10.4 Å². The Labute approximate surface area is 119 Å². The van der Waals surface area contributed by atoms with E-state index in [0.717, 1.165) is 12.1 Å². The number of hydrogen-bond acceptors (Lipinski definition) is 2. The molecule has 2 N–H and O–H groups in total. The number of carbonyl (C=O) groups excluding carboxylic acids is 1. The molecule has 108 valence electrons. The van der Waals surface area contributed by atoms with Crippen LogP contribution in [0.3, 0.4) is 0 Å². The van der Waals surface area contributed by atoms with E-state index in [1.807, 2.05) is 0 Å². The quantitative estimate of drug-likeness (QED) is 0.912. The Morgan fingerprint density at radius 2 is 1.76 bits per heavy atom. The summed E-state index contributed by atoms with van der Waals surface area (Å²) in [5.41, 5.74) is -0.463. The number of hydrogen-bond donors (Lipinski definition) is 2. The zero-order valence-corrected chi connectivity index (χ0v) is 11.0. The molecule has 0 spiro atoms. The smallest absolute Gasteiger partial charge is 0.335 e. The minimum atomic E-state index is -1.20. The Balaban J connectivity index is 2.33. The topological polar surface area (TPSA) is 66.4 Å². The highest BCUT2D eigenvalue weighted by atomic mass is 19.1. The van der Waals surface area contributed by atoms with Crippen LogP contribution in [0.4, 0.5) is 14.5 Å². The number of halogens is 2. The van der Waals surface area contributed by atoms with Gasteiger partial charge in [0.25, 0.3) is 5.91 Å². The zero-order valence-electron chi connectivity index (χ0n) is 11.0. The molecule has 0 heterocycles. The number of rotatable bonds is 3. The molecule has 0 aliphatic rings. The lowest BCUT2D eigenvalue weighted by atomic mass is 10.1. The van der Waals surface area contributed by atoms with Crippen LogP contribution in [0.25, 0.3) is 0 Å². The first-order valence-corrected chi connectivity index (χ1v) is 5.99. The normalized spacial score (nSPS) is 10.2. The first-order chi connectivity index (χ1) is 9.90. The predicted octanol–water partition coefficient (Wildman–Crippen LogP) is 3.22. The molecule has 0 bridgehead atoms. The zero-order chi connectivity index (χ0) is 15.6. The van der Waals surface area contributed by atoms with E-state index in [2.05, 4.69) is 5.32 Å². The second-order valence-electron chi connectivity index (χ2n) is 4.39. The molecule has 0 saturated heterocycles. The molecule has 2 aromatic carbocycles. The number of amides is 1. The highest BCUT2D eigenvalue weighted by Crippen LogP contribution is 2.22. The van der Waals surface area contributed by atoms with Crippen LogP contribution in [-0.2, 0) is 0 Å². The number of carbonyl (C=O) groups is 2. The number of carboxylic acids is 1. The number of nitrogens with one attached hydrogen (secondary N) is 1. The SMILES string of the molecule is Cc1ccc(F)c(NC(=O)c2cccc(C(=O)O)c2)c1F. The van der Waals surface area contributed by atoms with E-state index in [-0.39, 0.29) is 16.7 Å². The van der Waals surface area contributed by atoms with Crippen LogP contribution in [0.1, 0.15) is 26.3 Å². The Morgan fingerprint density at radius 1 is 1.10 bits per heavy atom. The van der Waals surface area contributed by atoms with Gasteiger partial charge in [-0.15, -0.1) is 0 Å². The third-order valence-corrected chi connectivity index (χ3v) is 2.89. The Hall–Kier alpha value is -2.76. The number of aryl methyl sites for hydroxylation is 1. The number of aromatic carboxylic acids is 1. The second kappa shape index (κ2) is 5.70. The maximum absolute atomic E-state index is 13.8. The van der Waals surface area contributed by atoms with Gasteiger partial charge in [0.15, 0.2) is 5.82 Å². The number of benzene rings is 2. The molecule has 2 aromatic rings. The van der Waals surface area contributed by atoms with Crippen molar-refractivity contribution in [2.45, 2.75) is 6.92 Å². The van der Waals surface area contributed by atoms with Crippen molar-refractivity contribution in [3.8, 4) is 0 Å². The van der Waals surface area contributed by atoms with E-state index in [0.29, 0.717) is 0 Å². The van der Waals surface area contributed by atoms with Gasteiger partial charge in [-0.2, -0.15) is 0 Å². The Morgan fingerprint density at radius 3 is 2.43 bits per heavy atom. The molecular weight excluding hydrogens is 280 g/mol. The van der Waals surface area contributed by atoms with Crippen molar-refractivity contribution in [1.29, 1.82) is 0 Å². The fourth-order valence-electron chi connectivity index (χ4n) is 1.75. The van der Waals surface area contributed by atoms with Crippen molar-refractivity contribution >= 4 is 17.6 Å². The fraction of sp³-hybridized carbons (Fsp3) is 0.0667. The summed E-state index contributed by atoms with van der Waals surface area (Å²) in [7, 11) is 0. The average Bonchev–Trinajstić information content (AvgIpc) is 2.47. The lowest BCUT2D eigenvalue weighted by Gasteiger charge is -2.09. The molecule has 0 aromatic heterocycles. The molecule has 6 heteroatoms. The summed E-state index contributed by atoms with van der Waals surface area (Å²) >= 11 is 0. The Bertz CT molecular complexity index is 729. The van der Waals surface area contributed by atoms with Crippen LogP contribution in [-0.4, -0.2) is 17.0 Å². The van der Waals surface area contributed by atoms with Crippen molar-refractivity contribution < 1.29 is 23.5 Å². The molecule has 1 amide bonds. The standard InChI is InChI=1S/C15H11F2NO3/c1-8-5-6-11(16)13(12(8)17)18-14(19)9-3-2-4-10(7-9)15(20)21/h2-7H,1H3,(H,18,19)(H,20,21). The van der Waals surface area contributed by atoms with E-state index in [9.17, 15) is 18.4 Å². The molecule has 2 rings (SSSR count). The first kappa shape index (κ1) is 14.6. The Kier molecular flexibility index (Phi) is 3.98. The summed E-state index contributed by atoms with van der Waals surface area (Å²) in [5.74, 6) is -3.75. The fourth-order valence-corrected chi connectivity index (χ4v) is 1.75. The van der Waals surface area contributed by atoms with E-state index in [1.54, 1.807) is 0 Å². The second-order valence-corrected chi connectivity index (χ2v) is 4.39. The summed E-state index contributed by atoms with van der Waals surface area (Å²) in [5, 5.41) is 11.0. The van der Waals surface area contributed by atoms with Gasteiger partial charge in [0.1, 0.15) is 11.5 Å². The van der Waals surface area contributed by atoms with E-state index in [4.69, 9.17) is 5.11 Å². The number of anilines is 1. The molecule has 0 saturated carbocycles. The molecule has 0 aliphatic heterocycles. The summed E-state index contributed by atoms with van der Waals surface area (Å²) in [6, 6.07) is 7.47. The highest BCUT2D eigenvalue weighted by Gasteiger charge is 2.16. The average molecular weight is 291 g/mol. The highest BCUT2D eigenvalue weighted by molar-refractivity contribution is 6.05. The monoisotopic (exact) mass is 291 g/mol. The van der Waals surface area contributed by atoms with Gasteiger partial charge in [-0.05, 0) is 36.8 Å². The van der Waals surface area contributed by atoms with Crippen LogP contribution < -0.4 is 5.32 Å². The summed E-state index contributed by atoms with van der Waals surface area (Å²) < 4.78 is 27.4. The molecule has 0 radical (unpaired) electrons. The third-order valence-electron chi connectivity index (χ3n) is 2.89. The van der Waals surface area contributed by atoms with Crippen molar-refractivity contribution in [2.75, 3.05) is 5.32 Å². The molecular formula is C15H11F2NO3. The maximum Gasteiger partial charge on any atom is 0.335 e. The van der Waals surface area contributed by atoms with E-state index in [1.165, 1.54) is 31.2 Å². The first-order valence-electron chi connectivity index (χ1n) is 5.99. The lowest BCUT2D eigenvalue weighted by molar-refractivity contribution is 0.0697. The summed E-state index contributed by atoms with van der Waals surface area (Å²) in [6.07, 6.45) is 0. The van der Waals surface area contributed by atoms with Crippen molar-refractivity contribution in [3.63, 3.8) is 0 Å². The largest absolute Gasteiger partial charge is 0.478 e. The minimum Gasteiger partial charge on any atom is -0.478 e. The van der Waals surface area contributed by atoms with E-state index < -0.39 is 29.2 Å². The molecule has 4 nitrogen and oxygen atoms in total. The predicted molar refractivity (Wildman–Crippen MR) is 72.4 cm³/mol. The van der Waals surface area contributed by atoms with Gasteiger partial charge >= 0.3 is 5.97 Å². The van der Waals surface area contributed by atoms with Crippen LogP contribution in [0.5, 0.6) is 0 Å². The molecule has 0 fully saturated rings. The molecule has 0 atom stereocenters. The summed E-state index contributed by atoms with van der Waals surface area (Å²) in [4.78, 5) is 22.8. The third kappa shape index (κ3) is 3.05. The van der Waals surface area contributed by atoms with Crippen molar-refractivity contribution in [2.24, 2.45) is 0 Å². The van der Waals surface area contributed by atoms with E-state index >= 15 is 0 Å². The van der Waals surface area contributed by atoms with Gasteiger partial charge in [0.2, 0.25) is 0 Å². The van der Waals surface area contributed by atoms with Gasteiger partial charge in [-0.1, -0.05) is 12.1 Å². The summed E-state index contributed by atoms with van der Waals surface area (Å²) in [6.45, 7) is 1.44. The van der Waals surface area contributed by atoms with Crippen molar-refractivity contribution in [3.05, 3.63) is 64.7 Å². The van der Waals surface area contributed by atoms with Crippen LogP contribution in [0.15, 0.2) is 36.4 Å².